The predicted octanol–water partition coefficient (Wildman–Crippen LogP) is 2.04. The number of nitro benzene ring substituents is 1. The molecule has 0 saturated heterocycles. The van der Waals surface area contributed by atoms with Crippen molar-refractivity contribution in [3.63, 3.8) is 0 Å². The summed E-state index contributed by atoms with van der Waals surface area (Å²) in [6.45, 7) is 3.53. The number of nitrogens with one attached hydrogen (secondary N) is 1. The molecule has 0 saturated carbocycles. The van der Waals surface area contributed by atoms with Crippen LogP contribution >= 0.6 is 11.8 Å². The second kappa shape index (κ2) is 12.1. The fourth-order valence-corrected chi connectivity index (χ4v) is 4.99. The van der Waals surface area contributed by atoms with Gasteiger partial charge in [0.05, 0.1) is 36.2 Å². The quantitative estimate of drug-likeness (QED) is 0.203. The van der Waals surface area contributed by atoms with Crippen molar-refractivity contribution in [1.29, 1.82) is 0 Å². The number of methoxy groups -OCH3 is 1. The number of hydrogen-bond acceptors (Lipinski definition) is 10. The molecule has 1 aliphatic rings. The van der Waals surface area contributed by atoms with Crippen molar-refractivity contribution in [3.05, 3.63) is 51.2 Å². The Hall–Kier alpha value is -2.77. The summed E-state index contributed by atoms with van der Waals surface area (Å²) in [6, 6.07) is 5.72. The minimum atomic E-state index is -3.33. The van der Waals surface area contributed by atoms with Crippen LogP contribution in [0.4, 0.5) is 5.69 Å². The summed E-state index contributed by atoms with van der Waals surface area (Å²) >= 11 is 1.34. The monoisotopic (exact) mass is 513 g/mol. The van der Waals surface area contributed by atoms with E-state index in [1.165, 1.54) is 37.1 Å². The Morgan fingerprint density at radius 2 is 2.03 bits per heavy atom. The van der Waals surface area contributed by atoms with E-state index in [-0.39, 0.29) is 30.2 Å². The Labute approximate surface area is 202 Å². The Morgan fingerprint density at radius 1 is 1.32 bits per heavy atom. The number of non-ortho nitro benzene ring substituents is 1. The normalized spacial score (nSPS) is 18.3. The number of benzene rings is 1. The third-order valence-electron chi connectivity index (χ3n) is 4.96. The number of nitrogens with zero attached hydrogens (tertiary/aromatic N) is 2. The fourth-order valence-electron chi connectivity index (χ4n) is 3.59. The van der Waals surface area contributed by atoms with Gasteiger partial charge in [-0.2, -0.15) is 11.8 Å². The molecule has 2 atom stereocenters. The number of carbonyl (C=O) groups is 2. The smallest absolute Gasteiger partial charge is 0.336 e. The van der Waals surface area contributed by atoms with Gasteiger partial charge in [0, 0.05) is 41.8 Å². The van der Waals surface area contributed by atoms with Gasteiger partial charge >= 0.3 is 11.9 Å². The summed E-state index contributed by atoms with van der Waals surface area (Å²) in [4.78, 5) is 41.1. The lowest BCUT2D eigenvalue weighted by Gasteiger charge is -2.31. The Balaban J connectivity index is 2.55. The number of thioether (sulfide) groups is 1. The van der Waals surface area contributed by atoms with Crippen molar-refractivity contribution in [3.8, 4) is 0 Å². The maximum absolute atomic E-state index is 13.1. The van der Waals surface area contributed by atoms with Gasteiger partial charge in [-0.15, -0.1) is 0 Å². The van der Waals surface area contributed by atoms with Gasteiger partial charge in [0.2, 0.25) is 10.0 Å². The first kappa shape index (κ1) is 27.5. The summed E-state index contributed by atoms with van der Waals surface area (Å²) in [6.07, 6.45) is 1.06. The van der Waals surface area contributed by atoms with E-state index in [0.717, 1.165) is 6.26 Å². The molecule has 34 heavy (non-hydrogen) atoms. The van der Waals surface area contributed by atoms with E-state index in [1.807, 2.05) is 0 Å². The Bertz CT molecular complexity index is 1110. The van der Waals surface area contributed by atoms with Crippen LogP contribution in [-0.2, 0) is 29.1 Å². The molecular formula is C21H27N3O8S2. The van der Waals surface area contributed by atoms with Crippen LogP contribution in [0, 0.1) is 16.0 Å². The lowest BCUT2D eigenvalue weighted by atomic mass is 9.75. The third kappa shape index (κ3) is 7.11. The number of nitro groups is 1. The molecule has 0 bridgehead atoms. The lowest BCUT2D eigenvalue weighted by Crippen LogP contribution is -2.36. The molecule has 13 heteroatoms. The number of sulfonamides is 1. The minimum absolute atomic E-state index is 0.0777. The van der Waals surface area contributed by atoms with E-state index < -0.39 is 38.7 Å². The van der Waals surface area contributed by atoms with Gasteiger partial charge in [0.25, 0.3) is 5.69 Å². The fraction of sp³-hybridized carbons (Fsp3) is 0.476. The van der Waals surface area contributed by atoms with E-state index >= 15 is 0 Å². The van der Waals surface area contributed by atoms with Crippen LogP contribution in [-0.4, -0.2) is 69.0 Å². The Kier molecular flexibility index (Phi) is 9.77. The number of aliphatic imine (C=N–C) groups is 1. The van der Waals surface area contributed by atoms with Crippen molar-refractivity contribution in [1.82, 2.24) is 4.72 Å². The average molecular weight is 514 g/mol. The topological polar surface area (TPSA) is 154 Å². The number of carbonyl (C=O) groups excluding carboxylic acids is 2. The average Bonchev–Trinajstić information content (AvgIpc) is 2.77. The van der Waals surface area contributed by atoms with E-state index in [9.17, 15) is 28.1 Å². The maximum atomic E-state index is 13.1. The van der Waals surface area contributed by atoms with Gasteiger partial charge in [-0.3, -0.25) is 19.9 Å². The molecule has 2 rings (SSSR count). The van der Waals surface area contributed by atoms with Crippen LogP contribution in [0.25, 0.3) is 0 Å². The summed E-state index contributed by atoms with van der Waals surface area (Å²) in [5.41, 5.74) is 1.06. The molecule has 1 aromatic carbocycles. The maximum Gasteiger partial charge on any atom is 0.336 e. The second-order valence-corrected chi connectivity index (χ2v) is 10.3. The molecule has 0 amide bonds. The molecule has 1 aliphatic heterocycles. The largest absolute Gasteiger partial charge is 0.468 e. The van der Waals surface area contributed by atoms with Gasteiger partial charge in [-0.05, 0) is 19.4 Å². The number of esters is 2. The highest BCUT2D eigenvalue weighted by molar-refractivity contribution is 7.99. The zero-order chi connectivity index (χ0) is 25.5. The van der Waals surface area contributed by atoms with Crippen LogP contribution in [0.1, 0.15) is 25.3 Å². The van der Waals surface area contributed by atoms with E-state index in [0.29, 0.717) is 22.7 Å². The summed E-state index contributed by atoms with van der Waals surface area (Å²) in [7, 11) is -2.11. The van der Waals surface area contributed by atoms with Gasteiger partial charge in [-0.25, -0.2) is 17.9 Å². The molecule has 0 aromatic heterocycles. The molecule has 1 aromatic rings. The Morgan fingerprint density at radius 3 is 2.62 bits per heavy atom. The standard InChI is InChI=1S/C21H27N3O8S2/c1-5-32-21(26)19-16(12-33-10-9-22-34(4,29)30)23-13(2)17(20(25)31-3)18(19)14-7-6-8-15(11-14)24(27)28/h6-8,11,17-18,22H,5,9-10,12H2,1-4H3. The SMILES string of the molecule is CCOC(=O)C1=C(CSCCNS(C)(=O)=O)N=C(C)C(C(=O)OC)C1c1cccc([N+](=O)[O-])c1. The second-order valence-electron chi connectivity index (χ2n) is 7.38. The first-order valence-corrected chi connectivity index (χ1v) is 13.3. The third-order valence-corrected chi connectivity index (χ3v) is 6.66. The van der Waals surface area contributed by atoms with Crippen LogP contribution in [0.3, 0.4) is 0 Å². The lowest BCUT2D eigenvalue weighted by molar-refractivity contribution is -0.384. The molecule has 0 spiro atoms. The summed E-state index contributed by atoms with van der Waals surface area (Å²) < 4.78 is 35.1. The van der Waals surface area contributed by atoms with Gasteiger partial charge in [0.15, 0.2) is 0 Å². The molecule has 2 unspecified atom stereocenters. The van der Waals surface area contributed by atoms with Crippen LogP contribution in [0.2, 0.25) is 0 Å². The molecular weight excluding hydrogens is 486 g/mol. The molecule has 0 aliphatic carbocycles. The molecule has 0 fully saturated rings. The predicted molar refractivity (Wildman–Crippen MR) is 128 cm³/mol. The first-order valence-electron chi connectivity index (χ1n) is 10.3. The van der Waals surface area contributed by atoms with Crippen molar-refractivity contribution in [2.24, 2.45) is 10.9 Å². The molecule has 1 N–H and O–H groups in total. The zero-order valence-corrected chi connectivity index (χ0v) is 20.9. The minimum Gasteiger partial charge on any atom is -0.468 e. The van der Waals surface area contributed by atoms with Crippen molar-refractivity contribution < 1.29 is 32.4 Å². The molecule has 0 radical (unpaired) electrons. The summed E-state index contributed by atoms with van der Waals surface area (Å²) in [5, 5.41) is 11.4. The van der Waals surface area contributed by atoms with Crippen LogP contribution in [0.15, 0.2) is 40.5 Å². The molecule has 186 valence electrons. The number of ether oxygens (including phenoxy) is 2. The van der Waals surface area contributed by atoms with Crippen molar-refractivity contribution in [2.45, 2.75) is 19.8 Å². The summed E-state index contributed by atoms with van der Waals surface area (Å²) in [5.74, 6) is -2.57. The van der Waals surface area contributed by atoms with Gasteiger partial charge < -0.3 is 9.47 Å². The number of rotatable bonds is 11. The molecule has 1 heterocycles. The molecule has 11 nitrogen and oxygen atoms in total. The first-order chi connectivity index (χ1) is 16.0. The highest BCUT2D eigenvalue weighted by atomic mass is 32.2. The van der Waals surface area contributed by atoms with Crippen molar-refractivity contribution in [2.75, 3.05) is 38.0 Å². The zero-order valence-electron chi connectivity index (χ0n) is 19.3. The van der Waals surface area contributed by atoms with E-state index in [2.05, 4.69) is 9.71 Å². The van der Waals surface area contributed by atoms with Crippen molar-refractivity contribution >= 4 is 45.1 Å². The van der Waals surface area contributed by atoms with Gasteiger partial charge in [0.1, 0.15) is 5.92 Å². The van der Waals surface area contributed by atoms with Crippen LogP contribution < -0.4 is 4.72 Å². The van der Waals surface area contributed by atoms with Gasteiger partial charge in [-0.1, -0.05) is 12.1 Å². The number of hydrogen-bond donors (Lipinski definition) is 1. The van der Waals surface area contributed by atoms with E-state index in [4.69, 9.17) is 9.47 Å². The van der Waals surface area contributed by atoms with Crippen LogP contribution in [0.5, 0.6) is 0 Å². The highest BCUT2D eigenvalue weighted by Gasteiger charge is 2.43. The highest BCUT2D eigenvalue weighted by Crippen LogP contribution is 2.41. The van der Waals surface area contributed by atoms with E-state index in [1.54, 1.807) is 19.9 Å².